The summed E-state index contributed by atoms with van der Waals surface area (Å²) in [7, 11) is 0. The number of nitrogens with two attached hydrogens (primary N) is 1. The van der Waals surface area contributed by atoms with Crippen molar-refractivity contribution in [2.75, 3.05) is 0 Å². The number of para-hydroxylation sites is 1. The second-order valence-corrected chi connectivity index (χ2v) is 6.06. The minimum Gasteiger partial charge on any atom is -0.504 e. The Morgan fingerprint density at radius 1 is 1.22 bits per heavy atom. The van der Waals surface area contributed by atoms with Crippen molar-refractivity contribution in [1.29, 1.82) is 0 Å². The molecule has 140 valence electrons. The number of rotatable bonds is 7. The maximum atomic E-state index is 12.5. The van der Waals surface area contributed by atoms with Gasteiger partial charge in [-0.05, 0) is 30.3 Å². The van der Waals surface area contributed by atoms with Crippen molar-refractivity contribution < 1.29 is 23.8 Å². The molecule has 0 fully saturated rings. The molecule has 0 spiro atoms. The number of phenolic OH excluding ortho intramolecular Hbond substituents is 1. The molecule has 0 saturated carbocycles. The van der Waals surface area contributed by atoms with E-state index in [1.54, 1.807) is 12.1 Å². The Morgan fingerprint density at radius 3 is 2.67 bits per heavy atom. The van der Waals surface area contributed by atoms with Gasteiger partial charge in [-0.2, -0.15) is 0 Å². The molecule has 1 heterocycles. The molecule has 27 heavy (non-hydrogen) atoms. The first-order valence-electron chi connectivity index (χ1n) is 8.57. The number of aromatic hydroxyl groups is 1. The van der Waals surface area contributed by atoms with E-state index in [0.29, 0.717) is 12.0 Å². The van der Waals surface area contributed by atoms with E-state index in [1.807, 2.05) is 25.1 Å². The van der Waals surface area contributed by atoms with Gasteiger partial charge in [-0.25, -0.2) is 0 Å². The van der Waals surface area contributed by atoms with Gasteiger partial charge in [-0.1, -0.05) is 31.5 Å². The summed E-state index contributed by atoms with van der Waals surface area (Å²) < 4.78 is 11.3. The molecule has 0 aliphatic carbocycles. The molecule has 0 aliphatic heterocycles. The highest BCUT2D eigenvalue weighted by Crippen LogP contribution is 2.28. The number of hydrogen-bond donors (Lipinski definition) is 3. The number of carbonyl (C=O) groups is 2. The van der Waals surface area contributed by atoms with E-state index in [1.165, 1.54) is 18.2 Å². The van der Waals surface area contributed by atoms with Gasteiger partial charge in [0.15, 0.2) is 23.5 Å². The smallest absolute Gasteiger partial charge is 0.289 e. The Labute approximate surface area is 155 Å². The second kappa shape index (κ2) is 7.82. The predicted molar refractivity (Wildman–Crippen MR) is 99.6 cm³/mol. The van der Waals surface area contributed by atoms with Crippen LogP contribution in [0.25, 0.3) is 11.0 Å². The minimum absolute atomic E-state index is 0.142. The summed E-state index contributed by atoms with van der Waals surface area (Å²) >= 11 is 0. The van der Waals surface area contributed by atoms with E-state index in [-0.39, 0.29) is 22.8 Å². The van der Waals surface area contributed by atoms with Crippen molar-refractivity contribution in [2.24, 2.45) is 5.73 Å². The molecule has 7 heteroatoms. The highest BCUT2D eigenvalue weighted by molar-refractivity contribution is 5.96. The number of furan rings is 1. The van der Waals surface area contributed by atoms with Gasteiger partial charge in [0, 0.05) is 17.4 Å². The number of hydrogen-bond acceptors (Lipinski definition) is 5. The average Bonchev–Trinajstić information content (AvgIpc) is 3.07. The first kappa shape index (κ1) is 18.3. The normalized spacial score (nSPS) is 11.9. The fourth-order valence-corrected chi connectivity index (χ4v) is 2.66. The molecule has 0 saturated heterocycles. The van der Waals surface area contributed by atoms with Crippen molar-refractivity contribution in [1.82, 2.24) is 5.32 Å². The zero-order chi connectivity index (χ0) is 19.4. The van der Waals surface area contributed by atoms with Crippen LogP contribution >= 0.6 is 0 Å². The van der Waals surface area contributed by atoms with E-state index < -0.39 is 18.0 Å². The minimum atomic E-state index is -0.680. The maximum Gasteiger partial charge on any atom is 0.289 e. The molecule has 7 nitrogen and oxygen atoms in total. The monoisotopic (exact) mass is 368 g/mol. The molecule has 3 aromatic rings. The number of benzene rings is 2. The Balaban J connectivity index is 1.75. The van der Waals surface area contributed by atoms with Gasteiger partial charge in [0.05, 0.1) is 0 Å². The van der Waals surface area contributed by atoms with Gasteiger partial charge in [0.1, 0.15) is 5.58 Å². The highest BCUT2D eigenvalue weighted by Gasteiger charge is 2.19. The van der Waals surface area contributed by atoms with E-state index in [2.05, 4.69) is 5.32 Å². The second-order valence-electron chi connectivity index (χ2n) is 6.06. The highest BCUT2D eigenvalue weighted by atomic mass is 16.5. The zero-order valence-corrected chi connectivity index (χ0v) is 14.8. The maximum absolute atomic E-state index is 12.5. The standard InChI is InChI=1S/C20H20N2O5/c1-2-5-18(27-16-9-8-13(19(21)24)10-14(16)23)22-20(25)17-11-12-6-3-4-7-15(12)26-17/h3-4,6-11,18,23H,2,5H2,1H3,(H2,21,24)(H,22,25). The molecule has 0 radical (unpaired) electrons. The van der Waals surface area contributed by atoms with E-state index >= 15 is 0 Å². The van der Waals surface area contributed by atoms with Gasteiger partial charge in [0.2, 0.25) is 5.91 Å². The van der Waals surface area contributed by atoms with E-state index in [9.17, 15) is 14.7 Å². The first-order valence-corrected chi connectivity index (χ1v) is 8.57. The molecule has 4 N–H and O–H groups in total. The third-order valence-corrected chi connectivity index (χ3v) is 4.00. The van der Waals surface area contributed by atoms with Crippen LogP contribution in [-0.4, -0.2) is 23.1 Å². The van der Waals surface area contributed by atoms with Crippen LogP contribution < -0.4 is 15.8 Å². The van der Waals surface area contributed by atoms with Crippen molar-refractivity contribution in [3.05, 3.63) is 59.9 Å². The summed E-state index contributed by atoms with van der Waals surface area (Å²) in [5, 5.41) is 13.6. The Morgan fingerprint density at radius 2 is 2.00 bits per heavy atom. The van der Waals surface area contributed by atoms with Crippen LogP contribution in [0.5, 0.6) is 11.5 Å². The number of fused-ring (bicyclic) bond motifs is 1. The van der Waals surface area contributed by atoms with Gasteiger partial charge >= 0.3 is 0 Å². The molecule has 3 rings (SSSR count). The number of carbonyl (C=O) groups excluding carboxylic acids is 2. The average molecular weight is 368 g/mol. The van der Waals surface area contributed by atoms with Crippen molar-refractivity contribution in [3.63, 3.8) is 0 Å². The molecular formula is C20H20N2O5. The zero-order valence-electron chi connectivity index (χ0n) is 14.8. The lowest BCUT2D eigenvalue weighted by molar-refractivity contribution is 0.0782. The summed E-state index contributed by atoms with van der Waals surface area (Å²) in [6.07, 6.45) is 0.579. The predicted octanol–water partition coefficient (Wildman–Crippen LogP) is 3.17. The van der Waals surface area contributed by atoms with Crippen LogP contribution in [0, 0.1) is 0 Å². The van der Waals surface area contributed by atoms with Crippen molar-refractivity contribution in [3.8, 4) is 11.5 Å². The number of phenols is 1. The van der Waals surface area contributed by atoms with Gasteiger partial charge in [-0.15, -0.1) is 0 Å². The van der Waals surface area contributed by atoms with Crippen LogP contribution in [0.15, 0.2) is 52.9 Å². The van der Waals surface area contributed by atoms with E-state index in [0.717, 1.165) is 11.8 Å². The Hall–Kier alpha value is -3.48. The number of primary amides is 1. The fraction of sp³-hybridized carbons (Fsp3) is 0.200. The lowest BCUT2D eigenvalue weighted by atomic mass is 10.2. The number of ether oxygens (including phenoxy) is 1. The molecule has 0 aliphatic rings. The van der Waals surface area contributed by atoms with Crippen molar-refractivity contribution >= 4 is 22.8 Å². The summed E-state index contributed by atoms with van der Waals surface area (Å²) in [4.78, 5) is 23.7. The van der Waals surface area contributed by atoms with Crippen LogP contribution in [0.1, 0.15) is 40.7 Å². The van der Waals surface area contributed by atoms with Crippen LogP contribution in [-0.2, 0) is 0 Å². The van der Waals surface area contributed by atoms with Gasteiger partial charge in [-0.3, -0.25) is 9.59 Å². The lowest BCUT2D eigenvalue weighted by Gasteiger charge is -2.20. The van der Waals surface area contributed by atoms with Crippen LogP contribution in [0.4, 0.5) is 0 Å². The van der Waals surface area contributed by atoms with Gasteiger partial charge in [0.25, 0.3) is 5.91 Å². The SMILES string of the molecule is CCCC(NC(=O)c1cc2ccccc2o1)Oc1ccc(C(N)=O)cc1O. The van der Waals surface area contributed by atoms with E-state index in [4.69, 9.17) is 14.9 Å². The third-order valence-electron chi connectivity index (χ3n) is 4.00. The molecule has 0 bridgehead atoms. The summed E-state index contributed by atoms with van der Waals surface area (Å²) in [5.41, 5.74) is 5.97. The molecule has 2 amide bonds. The summed E-state index contributed by atoms with van der Waals surface area (Å²) in [5.74, 6) is -0.985. The van der Waals surface area contributed by atoms with Crippen LogP contribution in [0.2, 0.25) is 0 Å². The Bertz CT molecular complexity index is 946. The molecule has 2 aromatic carbocycles. The number of nitrogens with one attached hydrogen (secondary N) is 1. The molecular weight excluding hydrogens is 348 g/mol. The Kier molecular flexibility index (Phi) is 5.30. The summed E-state index contributed by atoms with van der Waals surface area (Å²) in [6.45, 7) is 1.94. The third kappa shape index (κ3) is 4.20. The summed E-state index contributed by atoms with van der Waals surface area (Å²) in [6, 6.07) is 13.1. The van der Waals surface area contributed by atoms with Crippen molar-refractivity contribution in [2.45, 2.75) is 26.0 Å². The quantitative estimate of drug-likeness (QED) is 0.554. The molecule has 1 unspecified atom stereocenters. The molecule has 1 aromatic heterocycles. The van der Waals surface area contributed by atoms with Gasteiger partial charge < -0.3 is 25.3 Å². The first-order chi connectivity index (χ1) is 13.0. The lowest BCUT2D eigenvalue weighted by Crippen LogP contribution is -2.38. The number of amides is 2. The topological polar surface area (TPSA) is 115 Å². The fourth-order valence-electron chi connectivity index (χ4n) is 2.66. The molecule has 1 atom stereocenters. The largest absolute Gasteiger partial charge is 0.504 e. The van der Waals surface area contributed by atoms with Crippen LogP contribution in [0.3, 0.4) is 0 Å².